The maximum absolute atomic E-state index is 11.4. The summed E-state index contributed by atoms with van der Waals surface area (Å²) in [6.45, 7) is 1.65. The Labute approximate surface area is 116 Å². The van der Waals surface area contributed by atoms with E-state index in [1.165, 1.54) is 0 Å². The van der Waals surface area contributed by atoms with Crippen molar-refractivity contribution in [2.24, 2.45) is 0 Å². The Balaban J connectivity index is 2.28. The average molecular weight is 288 g/mol. The molecular weight excluding hydrogens is 268 g/mol. The molecule has 20 heavy (non-hydrogen) atoms. The van der Waals surface area contributed by atoms with Gasteiger partial charge in [0, 0.05) is 6.42 Å². The van der Waals surface area contributed by atoms with E-state index in [9.17, 15) is 19.8 Å². The fourth-order valence-corrected chi connectivity index (χ4v) is 1.76. The van der Waals surface area contributed by atoms with Crippen LogP contribution in [0.15, 0.2) is 11.5 Å². The minimum absolute atomic E-state index is 0.254. The lowest BCUT2D eigenvalue weighted by Gasteiger charge is -2.17. The van der Waals surface area contributed by atoms with Crippen LogP contribution in [0, 0.1) is 0 Å². The fraction of sp³-hybridized carbons (Fsp3) is 0.692. The molecule has 114 valence electrons. The first kappa shape index (κ1) is 16.3. The van der Waals surface area contributed by atoms with Crippen molar-refractivity contribution in [3.05, 3.63) is 11.5 Å². The Morgan fingerprint density at radius 1 is 1.35 bits per heavy atom. The van der Waals surface area contributed by atoms with Gasteiger partial charge in [-0.05, 0) is 6.42 Å². The highest BCUT2D eigenvalue weighted by molar-refractivity contribution is 5.89. The summed E-state index contributed by atoms with van der Waals surface area (Å²) in [5.41, 5.74) is 0. The first-order valence-electron chi connectivity index (χ1n) is 6.64. The zero-order valence-electron chi connectivity index (χ0n) is 11.4. The number of hydrogen-bond acceptors (Lipinski definition) is 7. The number of aliphatic hydroxyl groups is 3. The lowest BCUT2D eigenvalue weighted by atomic mass is 10.1. The minimum Gasteiger partial charge on any atom is -0.505 e. The van der Waals surface area contributed by atoms with Crippen molar-refractivity contribution in [3.8, 4) is 0 Å². The molecule has 1 heterocycles. The molecule has 0 fully saturated rings. The predicted molar refractivity (Wildman–Crippen MR) is 67.9 cm³/mol. The monoisotopic (exact) mass is 288 g/mol. The molecular formula is C13H20O7. The molecule has 0 bridgehead atoms. The number of rotatable bonds is 8. The largest absolute Gasteiger partial charge is 0.505 e. The van der Waals surface area contributed by atoms with E-state index < -0.39 is 42.3 Å². The van der Waals surface area contributed by atoms with E-state index in [1.54, 1.807) is 0 Å². The summed E-state index contributed by atoms with van der Waals surface area (Å²) in [6.07, 6.45) is 1.21. The summed E-state index contributed by atoms with van der Waals surface area (Å²) in [5.74, 6) is -3.25. The van der Waals surface area contributed by atoms with Gasteiger partial charge >= 0.3 is 11.9 Å². The summed E-state index contributed by atoms with van der Waals surface area (Å²) in [7, 11) is 0. The lowest BCUT2D eigenvalue weighted by Crippen LogP contribution is -2.33. The smallest absolute Gasteiger partial charge is 0.377 e. The molecule has 0 saturated carbocycles. The number of unbranched alkanes of at least 4 members (excludes halogenated alkanes) is 3. The molecule has 0 aliphatic carbocycles. The molecule has 0 aromatic heterocycles. The molecule has 7 nitrogen and oxygen atoms in total. The quantitative estimate of drug-likeness (QED) is 0.453. The van der Waals surface area contributed by atoms with Gasteiger partial charge < -0.3 is 24.8 Å². The van der Waals surface area contributed by atoms with Gasteiger partial charge in [0.1, 0.15) is 12.7 Å². The standard InChI is InChI=1S/C13H20O7/c1-2-3-4-5-6-9(15)19-7-8(14)12-10(16)11(17)13(18)20-12/h8,12,14,16-17H,2-7H2,1H3. The summed E-state index contributed by atoms with van der Waals surface area (Å²) in [6, 6.07) is 0. The van der Waals surface area contributed by atoms with Crippen LogP contribution >= 0.6 is 0 Å². The van der Waals surface area contributed by atoms with E-state index in [1.807, 2.05) is 0 Å². The van der Waals surface area contributed by atoms with Gasteiger partial charge in [0.15, 0.2) is 11.9 Å². The van der Waals surface area contributed by atoms with Crippen LogP contribution in [0.3, 0.4) is 0 Å². The van der Waals surface area contributed by atoms with Gasteiger partial charge in [0.2, 0.25) is 5.76 Å². The zero-order chi connectivity index (χ0) is 15.1. The third-order valence-electron chi connectivity index (χ3n) is 2.94. The Morgan fingerprint density at radius 2 is 2.05 bits per heavy atom. The Bertz CT molecular complexity index is 388. The number of ether oxygens (including phenoxy) is 2. The molecule has 1 rings (SSSR count). The first-order chi connectivity index (χ1) is 9.47. The molecule has 2 atom stereocenters. The van der Waals surface area contributed by atoms with Crippen LogP contribution in [0.5, 0.6) is 0 Å². The third kappa shape index (κ3) is 4.41. The molecule has 2 unspecified atom stereocenters. The van der Waals surface area contributed by atoms with Crippen LogP contribution < -0.4 is 0 Å². The normalized spacial score (nSPS) is 19.9. The molecule has 0 spiro atoms. The highest BCUT2D eigenvalue weighted by Crippen LogP contribution is 2.21. The van der Waals surface area contributed by atoms with Crippen molar-refractivity contribution in [1.29, 1.82) is 0 Å². The maximum Gasteiger partial charge on any atom is 0.377 e. The number of carbonyl (C=O) groups is 2. The molecule has 7 heteroatoms. The SMILES string of the molecule is CCCCCCC(=O)OCC(O)C1OC(=O)C(O)=C1O. The van der Waals surface area contributed by atoms with Crippen molar-refractivity contribution >= 4 is 11.9 Å². The predicted octanol–water partition coefficient (Wildman–Crippen LogP) is 1.11. The van der Waals surface area contributed by atoms with E-state index in [-0.39, 0.29) is 6.42 Å². The van der Waals surface area contributed by atoms with E-state index in [0.29, 0.717) is 6.42 Å². The molecule has 0 saturated heterocycles. The van der Waals surface area contributed by atoms with Gasteiger partial charge in [-0.2, -0.15) is 0 Å². The number of aliphatic hydroxyl groups excluding tert-OH is 3. The fourth-order valence-electron chi connectivity index (χ4n) is 1.76. The number of carbonyl (C=O) groups excluding carboxylic acids is 2. The van der Waals surface area contributed by atoms with Crippen molar-refractivity contribution in [2.45, 2.75) is 51.2 Å². The Morgan fingerprint density at radius 3 is 2.60 bits per heavy atom. The molecule has 0 aromatic rings. The lowest BCUT2D eigenvalue weighted by molar-refractivity contribution is -0.154. The molecule has 1 aliphatic rings. The second kappa shape index (κ2) is 7.74. The molecule has 1 aliphatic heterocycles. The minimum atomic E-state index is -1.41. The summed E-state index contributed by atoms with van der Waals surface area (Å²) in [4.78, 5) is 22.3. The van der Waals surface area contributed by atoms with Crippen LogP contribution in [0.25, 0.3) is 0 Å². The van der Waals surface area contributed by atoms with E-state index in [2.05, 4.69) is 11.7 Å². The number of esters is 2. The van der Waals surface area contributed by atoms with Crippen molar-refractivity contribution in [2.75, 3.05) is 6.61 Å². The molecule has 3 N–H and O–H groups in total. The van der Waals surface area contributed by atoms with Crippen LogP contribution in [0.2, 0.25) is 0 Å². The van der Waals surface area contributed by atoms with Crippen LogP contribution in [0.1, 0.15) is 39.0 Å². The first-order valence-corrected chi connectivity index (χ1v) is 6.64. The van der Waals surface area contributed by atoms with Gasteiger partial charge in [-0.3, -0.25) is 4.79 Å². The molecule has 0 radical (unpaired) electrons. The average Bonchev–Trinajstić information content (AvgIpc) is 2.69. The highest BCUT2D eigenvalue weighted by Gasteiger charge is 2.39. The Hall–Kier alpha value is -1.76. The third-order valence-corrected chi connectivity index (χ3v) is 2.94. The van der Waals surface area contributed by atoms with Gasteiger partial charge in [0.25, 0.3) is 0 Å². The molecule has 0 amide bonds. The highest BCUT2D eigenvalue weighted by atomic mass is 16.6. The number of cyclic esters (lactones) is 1. The van der Waals surface area contributed by atoms with E-state index >= 15 is 0 Å². The number of hydrogen-bond donors (Lipinski definition) is 3. The van der Waals surface area contributed by atoms with E-state index in [0.717, 1.165) is 19.3 Å². The van der Waals surface area contributed by atoms with Crippen LogP contribution in [-0.2, 0) is 19.1 Å². The van der Waals surface area contributed by atoms with E-state index in [4.69, 9.17) is 9.84 Å². The van der Waals surface area contributed by atoms with Crippen LogP contribution in [-0.4, -0.2) is 46.1 Å². The maximum atomic E-state index is 11.4. The topological polar surface area (TPSA) is 113 Å². The van der Waals surface area contributed by atoms with Crippen molar-refractivity contribution in [1.82, 2.24) is 0 Å². The Kier molecular flexibility index (Phi) is 6.30. The van der Waals surface area contributed by atoms with Crippen molar-refractivity contribution in [3.63, 3.8) is 0 Å². The summed E-state index contributed by atoms with van der Waals surface area (Å²) < 4.78 is 9.36. The van der Waals surface area contributed by atoms with Gasteiger partial charge in [-0.25, -0.2) is 4.79 Å². The molecule has 0 aromatic carbocycles. The zero-order valence-corrected chi connectivity index (χ0v) is 11.4. The van der Waals surface area contributed by atoms with Gasteiger partial charge in [-0.15, -0.1) is 0 Å². The van der Waals surface area contributed by atoms with Gasteiger partial charge in [0.05, 0.1) is 0 Å². The summed E-state index contributed by atoms with van der Waals surface area (Å²) in [5, 5.41) is 28.1. The van der Waals surface area contributed by atoms with Crippen molar-refractivity contribution < 1.29 is 34.4 Å². The van der Waals surface area contributed by atoms with Gasteiger partial charge in [-0.1, -0.05) is 26.2 Å². The second-order valence-electron chi connectivity index (χ2n) is 4.62. The summed E-state index contributed by atoms with van der Waals surface area (Å²) >= 11 is 0. The second-order valence-corrected chi connectivity index (χ2v) is 4.62. The van der Waals surface area contributed by atoms with Crippen LogP contribution in [0.4, 0.5) is 0 Å².